The number of amides is 1. The van der Waals surface area contributed by atoms with Gasteiger partial charge in [0, 0.05) is 10.7 Å². The monoisotopic (exact) mass is 339 g/mol. The summed E-state index contributed by atoms with van der Waals surface area (Å²) in [6.45, 7) is 1.87. The Hall–Kier alpha value is -1.59. The Kier molecular flexibility index (Phi) is 4.10. The minimum atomic E-state index is -0.917. The zero-order valence-corrected chi connectivity index (χ0v) is 13.2. The summed E-state index contributed by atoms with van der Waals surface area (Å²) in [4.78, 5) is 13.8. The number of rotatable bonds is 2. The van der Waals surface area contributed by atoms with Crippen LogP contribution in [0.3, 0.4) is 0 Å². The lowest BCUT2D eigenvalue weighted by Crippen LogP contribution is -2.27. The van der Waals surface area contributed by atoms with Gasteiger partial charge < -0.3 is 0 Å². The summed E-state index contributed by atoms with van der Waals surface area (Å²) >= 11 is 7.50. The van der Waals surface area contributed by atoms with Crippen molar-refractivity contribution in [1.29, 1.82) is 0 Å². The predicted molar refractivity (Wildman–Crippen MR) is 85.2 cm³/mol. The summed E-state index contributed by atoms with van der Waals surface area (Å²) in [6.07, 6.45) is 0. The molecule has 0 saturated carbocycles. The molecule has 0 bridgehead atoms. The molecule has 0 aliphatic carbocycles. The first-order valence-electron chi connectivity index (χ1n) is 6.62. The lowest BCUT2D eigenvalue weighted by molar-refractivity contribution is -0.115. The van der Waals surface area contributed by atoms with E-state index in [1.807, 2.05) is 13.0 Å². The first-order valence-corrected chi connectivity index (χ1v) is 8.05. The van der Waals surface area contributed by atoms with Crippen LogP contribution < -0.4 is 4.90 Å². The van der Waals surface area contributed by atoms with Gasteiger partial charge in [0.25, 0.3) is 0 Å². The van der Waals surface area contributed by atoms with Gasteiger partial charge in [0.05, 0.1) is 5.75 Å². The molecule has 0 N–H and O–H groups in total. The minimum absolute atomic E-state index is 0.0837. The first-order chi connectivity index (χ1) is 10.5. The summed E-state index contributed by atoms with van der Waals surface area (Å²) in [5.74, 6) is -1.61. The molecule has 114 valence electrons. The molecule has 2 aromatic carbocycles. The first kappa shape index (κ1) is 15.3. The molecule has 3 rings (SSSR count). The van der Waals surface area contributed by atoms with Gasteiger partial charge >= 0.3 is 0 Å². The van der Waals surface area contributed by atoms with Crippen LogP contribution in [0.2, 0.25) is 5.02 Å². The van der Waals surface area contributed by atoms with E-state index >= 15 is 0 Å². The Morgan fingerprint density at radius 1 is 1.18 bits per heavy atom. The Bertz CT molecular complexity index is 753. The lowest BCUT2D eigenvalue weighted by atomic mass is 10.1. The summed E-state index contributed by atoms with van der Waals surface area (Å²) < 4.78 is 26.6. The molecule has 1 unspecified atom stereocenters. The highest BCUT2D eigenvalue weighted by Gasteiger charge is 2.34. The van der Waals surface area contributed by atoms with Crippen LogP contribution in [-0.4, -0.2) is 11.7 Å². The lowest BCUT2D eigenvalue weighted by Gasteiger charge is -2.25. The van der Waals surface area contributed by atoms with Crippen molar-refractivity contribution in [1.82, 2.24) is 0 Å². The molecule has 0 aromatic heterocycles. The van der Waals surface area contributed by atoms with Crippen LogP contribution in [0.1, 0.15) is 16.5 Å². The van der Waals surface area contributed by atoms with Gasteiger partial charge in [-0.25, -0.2) is 8.78 Å². The molecule has 2 nitrogen and oxygen atoms in total. The number of aryl methyl sites for hydroxylation is 1. The van der Waals surface area contributed by atoms with Crippen LogP contribution in [0.25, 0.3) is 0 Å². The van der Waals surface area contributed by atoms with E-state index in [2.05, 4.69) is 0 Å². The number of nitrogens with zero attached hydrogens (tertiary/aromatic N) is 1. The minimum Gasteiger partial charge on any atom is -0.295 e. The fraction of sp³-hybridized carbons (Fsp3) is 0.188. The third-order valence-electron chi connectivity index (χ3n) is 3.53. The maximum atomic E-state index is 13.5. The SMILES string of the molecule is Cc1ccc(N2C(=O)CSC2c2ccc(F)c(F)c2)cc1Cl. The van der Waals surface area contributed by atoms with Gasteiger partial charge in [-0.1, -0.05) is 23.7 Å². The molecule has 2 aromatic rings. The number of carbonyl (C=O) groups is 1. The van der Waals surface area contributed by atoms with Crippen LogP contribution >= 0.6 is 23.4 Å². The van der Waals surface area contributed by atoms with Crippen LogP contribution in [0.4, 0.5) is 14.5 Å². The van der Waals surface area contributed by atoms with Gasteiger partial charge in [0.2, 0.25) is 5.91 Å². The highest BCUT2D eigenvalue weighted by Crippen LogP contribution is 2.42. The van der Waals surface area contributed by atoms with Gasteiger partial charge in [-0.2, -0.15) is 0 Å². The molecule has 1 atom stereocenters. The second-order valence-electron chi connectivity index (χ2n) is 5.03. The average Bonchev–Trinajstić information content (AvgIpc) is 2.87. The standard InChI is InChI=1S/C16H12ClF2NOS/c1-9-2-4-11(7-12(9)17)20-15(21)8-22-16(20)10-3-5-13(18)14(19)6-10/h2-7,16H,8H2,1H3. The molecule has 1 heterocycles. The van der Waals surface area contributed by atoms with E-state index in [9.17, 15) is 13.6 Å². The zero-order valence-electron chi connectivity index (χ0n) is 11.6. The molecule has 1 aliphatic rings. The molecule has 0 spiro atoms. The van der Waals surface area contributed by atoms with Crippen molar-refractivity contribution < 1.29 is 13.6 Å². The van der Waals surface area contributed by atoms with E-state index < -0.39 is 11.6 Å². The number of benzene rings is 2. The van der Waals surface area contributed by atoms with Crippen LogP contribution in [0, 0.1) is 18.6 Å². The molecule has 22 heavy (non-hydrogen) atoms. The molecular weight excluding hydrogens is 328 g/mol. The zero-order chi connectivity index (χ0) is 15.9. The van der Waals surface area contributed by atoms with Crippen molar-refractivity contribution in [3.63, 3.8) is 0 Å². The highest BCUT2D eigenvalue weighted by molar-refractivity contribution is 8.00. The molecule has 0 radical (unpaired) electrons. The summed E-state index contributed by atoms with van der Waals surface area (Å²) in [5.41, 5.74) is 2.11. The van der Waals surface area contributed by atoms with Crippen LogP contribution in [0.15, 0.2) is 36.4 Å². The topological polar surface area (TPSA) is 20.3 Å². The van der Waals surface area contributed by atoms with Gasteiger partial charge in [0.15, 0.2) is 11.6 Å². The second-order valence-corrected chi connectivity index (χ2v) is 6.51. The van der Waals surface area contributed by atoms with Crippen molar-refractivity contribution in [3.8, 4) is 0 Å². The highest BCUT2D eigenvalue weighted by atomic mass is 35.5. The van der Waals surface area contributed by atoms with Crippen molar-refractivity contribution in [2.45, 2.75) is 12.3 Å². The second kappa shape index (κ2) is 5.89. The Balaban J connectivity index is 2.01. The van der Waals surface area contributed by atoms with Crippen molar-refractivity contribution in [2.24, 2.45) is 0 Å². The number of anilines is 1. The number of hydrogen-bond acceptors (Lipinski definition) is 2. The van der Waals surface area contributed by atoms with Crippen molar-refractivity contribution >= 4 is 35.0 Å². The maximum absolute atomic E-state index is 13.5. The summed E-state index contributed by atoms with van der Waals surface area (Å²) in [7, 11) is 0. The fourth-order valence-electron chi connectivity index (χ4n) is 2.35. The number of thioether (sulfide) groups is 1. The van der Waals surface area contributed by atoms with Crippen LogP contribution in [-0.2, 0) is 4.79 Å². The number of carbonyl (C=O) groups excluding carboxylic acids is 1. The van der Waals surface area contributed by atoms with Crippen molar-refractivity contribution in [3.05, 3.63) is 64.2 Å². The average molecular weight is 340 g/mol. The molecule has 1 amide bonds. The summed E-state index contributed by atoms with van der Waals surface area (Å²) in [6, 6.07) is 9.06. The molecule has 1 saturated heterocycles. The van der Waals surface area contributed by atoms with Crippen molar-refractivity contribution in [2.75, 3.05) is 10.7 Å². The van der Waals surface area contributed by atoms with Crippen LogP contribution in [0.5, 0.6) is 0 Å². The van der Waals surface area contributed by atoms with Gasteiger partial charge in [-0.15, -0.1) is 11.8 Å². The van der Waals surface area contributed by atoms with E-state index in [-0.39, 0.29) is 17.0 Å². The van der Waals surface area contributed by atoms with Gasteiger partial charge in [0.1, 0.15) is 5.37 Å². The Morgan fingerprint density at radius 2 is 1.95 bits per heavy atom. The molecule has 1 fully saturated rings. The van der Waals surface area contributed by atoms with Gasteiger partial charge in [-0.05, 0) is 42.3 Å². The quantitative estimate of drug-likeness (QED) is 0.790. The molecule has 6 heteroatoms. The number of halogens is 3. The third-order valence-corrected chi connectivity index (χ3v) is 5.15. The maximum Gasteiger partial charge on any atom is 0.238 e. The smallest absolute Gasteiger partial charge is 0.238 e. The van der Waals surface area contributed by atoms with E-state index in [0.29, 0.717) is 16.3 Å². The van der Waals surface area contributed by atoms with Gasteiger partial charge in [-0.3, -0.25) is 9.69 Å². The summed E-state index contributed by atoms with van der Waals surface area (Å²) in [5, 5.41) is 0.174. The van der Waals surface area contributed by atoms with E-state index in [1.54, 1.807) is 17.0 Å². The predicted octanol–water partition coefficient (Wildman–Crippen LogP) is 4.71. The van der Waals surface area contributed by atoms with E-state index in [1.165, 1.54) is 17.8 Å². The Morgan fingerprint density at radius 3 is 2.64 bits per heavy atom. The third kappa shape index (κ3) is 2.71. The molecule has 1 aliphatic heterocycles. The number of hydrogen-bond donors (Lipinski definition) is 0. The Labute approximate surface area is 136 Å². The fourth-order valence-corrected chi connectivity index (χ4v) is 3.69. The largest absolute Gasteiger partial charge is 0.295 e. The normalized spacial score (nSPS) is 18.1. The molecular formula is C16H12ClF2NOS. The van der Waals surface area contributed by atoms with E-state index in [4.69, 9.17) is 11.6 Å². The van der Waals surface area contributed by atoms with E-state index in [0.717, 1.165) is 17.7 Å².